The highest BCUT2D eigenvalue weighted by molar-refractivity contribution is 6.30. The van der Waals surface area contributed by atoms with Crippen molar-refractivity contribution in [2.75, 3.05) is 19.7 Å². The molecule has 3 rings (SSSR count). The molecule has 2 aromatic rings. The molecule has 0 bridgehead atoms. The minimum absolute atomic E-state index is 0.116. The Balaban J connectivity index is 1.78. The number of aromatic nitrogens is 2. The number of benzene rings is 1. The average Bonchev–Trinajstić information content (AvgIpc) is 3.09. The summed E-state index contributed by atoms with van der Waals surface area (Å²) in [6, 6.07) is 7.07. The second-order valence-electron chi connectivity index (χ2n) is 7.37. The summed E-state index contributed by atoms with van der Waals surface area (Å²) in [5.74, 6) is 0.00997. The van der Waals surface area contributed by atoms with E-state index in [2.05, 4.69) is 10.3 Å². The molecule has 1 aromatic carbocycles. The largest absolute Gasteiger partial charge is 0.394 e. The van der Waals surface area contributed by atoms with Gasteiger partial charge in [0.1, 0.15) is 0 Å². The van der Waals surface area contributed by atoms with Gasteiger partial charge in [0.2, 0.25) is 5.91 Å². The zero-order valence-corrected chi connectivity index (χ0v) is 16.8. The van der Waals surface area contributed by atoms with E-state index in [1.165, 1.54) is 0 Å². The lowest BCUT2D eigenvalue weighted by Gasteiger charge is -2.49. The molecular formula is C20H25ClN4O3. The van der Waals surface area contributed by atoms with E-state index in [0.29, 0.717) is 36.8 Å². The van der Waals surface area contributed by atoms with Gasteiger partial charge in [0, 0.05) is 37.6 Å². The van der Waals surface area contributed by atoms with Gasteiger partial charge in [-0.2, -0.15) is 0 Å². The van der Waals surface area contributed by atoms with Crippen LogP contribution in [0.4, 0.5) is 0 Å². The molecule has 2 N–H and O–H groups in total. The first-order valence-corrected chi connectivity index (χ1v) is 9.69. The first-order valence-electron chi connectivity index (χ1n) is 9.31. The molecule has 150 valence electrons. The van der Waals surface area contributed by atoms with Crippen LogP contribution in [0.5, 0.6) is 0 Å². The lowest BCUT2D eigenvalue weighted by atomic mass is 9.73. The third kappa shape index (κ3) is 4.05. The van der Waals surface area contributed by atoms with Gasteiger partial charge < -0.3 is 19.9 Å². The van der Waals surface area contributed by atoms with Crippen LogP contribution >= 0.6 is 11.6 Å². The van der Waals surface area contributed by atoms with Crippen molar-refractivity contribution >= 4 is 23.4 Å². The second kappa shape index (κ2) is 8.32. The number of carbonyl (C=O) groups is 2. The number of aliphatic hydroxyl groups is 1. The quantitative estimate of drug-likeness (QED) is 0.734. The molecular weight excluding hydrogens is 380 g/mol. The maximum absolute atomic E-state index is 13.1. The van der Waals surface area contributed by atoms with Crippen molar-refractivity contribution in [2.24, 2.45) is 12.5 Å². The molecule has 7 nitrogen and oxygen atoms in total. The maximum atomic E-state index is 13.1. The maximum Gasteiger partial charge on any atom is 0.289 e. The summed E-state index contributed by atoms with van der Waals surface area (Å²) < 4.78 is 1.67. The predicted octanol–water partition coefficient (Wildman–Crippen LogP) is 1.65. The number of carbonyl (C=O) groups excluding carboxylic acids is 2. The fourth-order valence-corrected chi connectivity index (χ4v) is 3.61. The highest BCUT2D eigenvalue weighted by atomic mass is 35.5. The lowest BCUT2D eigenvalue weighted by Crippen LogP contribution is -2.66. The molecule has 2 amide bonds. The number of hydrogen-bond acceptors (Lipinski definition) is 4. The van der Waals surface area contributed by atoms with Crippen LogP contribution in [0.25, 0.3) is 0 Å². The van der Waals surface area contributed by atoms with E-state index in [1.54, 1.807) is 41.0 Å². The molecule has 0 spiro atoms. The molecule has 1 aliphatic heterocycles. The number of aliphatic hydroxyl groups excluding tert-OH is 1. The third-order valence-electron chi connectivity index (χ3n) is 5.27. The number of likely N-dealkylation sites (tertiary alicyclic amines) is 1. The van der Waals surface area contributed by atoms with Gasteiger partial charge in [0.15, 0.2) is 5.82 Å². The van der Waals surface area contributed by atoms with Gasteiger partial charge in [-0.15, -0.1) is 0 Å². The van der Waals surface area contributed by atoms with Gasteiger partial charge in [0.25, 0.3) is 5.91 Å². The number of halogens is 1. The summed E-state index contributed by atoms with van der Waals surface area (Å²) in [6.07, 6.45) is 4.42. The molecule has 2 heterocycles. The topological polar surface area (TPSA) is 87.5 Å². The zero-order valence-electron chi connectivity index (χ0n) is 16.1. The van der Waals surface area contributed by atoms with Gasteiger partial charge in [0.05, 0.1) is 18.1 Å². The minimum Gasteiger partial charge on any atom is -0.394 e. The molecule has 0 aliphatic carbocycles. The number of rotatable bonds is 7. The fraction of sp³-hybridized carbons (Fsp3) is 0.450. The van der Waals surface area contributed by atoms with Gasteiger partial charge in [-0.25, -0.2) is 4.98 Å². The Kier molecular flexibility index (Phi) is 6.05. The summed E-state index contributed by atoms with van der Waals surface area (Å²) in [5.41, 5.74) is 0.234. The molecule has 0 radical (unpaired) electrons. The number of nitrogens with zero attached hydrogens (tertiary/aromatic N) is 3. The van der Waals surface area contributed by atoms with Crippen molar-refractivity contribution in [3.63, 3.8) is 0 Å². The van der Waals surface area contributed by atoms with Crippen molar-refractivity contribution in [1.29, 1.82) is 0 Å². The van der Waals surface area contributed by atoms with Crippen LogP contribution in [-0.2, 0) is 18.3 Å². The first kappa shape index (κ1) is 20.4. The van der Waals surface area contributed by atoms with Gasteiger partial charge in [-0.1, -0.05) is 30.7 Å². The molecule has 1 saturated heterocycles. The molecule has 1 aliphatic rings. The molecule has 28 heavy (non-hydrogen) atoms. The van der Waals surface area contributed by atoms with E-state index in [9.17, 15) is 14.7 Å². The number of hydrogen-bond donors (Lipinski definition) is 2. The average molecular weight is 405 g/mol. The van der Waals surface area contributed by atoms with Crippen molar-refractivity contribution in [2.45, 2.75) is 25.8 Å². The Morgan fingerprint density at radius 2 is 2.00 bits per heavy atom. The van der Waals surface area contributed by atoms with Gasteiger partial charge in [-0.3, -0.25) is 9.59 Å². The van der Waals surface area contributed by atoms with E-state index in [0.717, 1.165) is 5.56 Å². The predicted molar refractivity (Wildman–Crippen MR) is 106 cm³/mol. The summed E-state index contributed by atoms with van der Waals surface area (Å²) >= 11 is 5.97. The van der Waals surface area contributed by atoms with Crippen LogP contribution in [0.3, 0.4) is 0 Å². The van der Waals surface area contributed by atoms with Gasteiger partial charge >= 0.3 is 0 Å². The van der Waals surface area contributed by atoms with E-state index in [4.69, 9.17) is 11.6 Å². The first-order chi connectivity index (χ1) is 13.4. The number of aryl methyl sites for hydroxylation is 1. The Morgan fingerprint density at radius 3 is 2.54 bits per heavy atom. The molecule has 8 heteroatoms. The normalized spacial score (nSPS) is 16.4. The van der Waals surface area contributed by atoms with Crippen molar-refractivity contribution in [3.05, 3.63) is 53.1 Å². The SMILES string of the molecule is CC[C@@H](CO)NC(=O)C1(Cc2ccc(Cl)cc2)CN(C(=O)c2nccn2C)C1. The molecule has 1 fully saturated rings. The lowest BCUT2D eigenvalue weighted by molar-refractivity contribution is -0.140. The van der Waals surface area contributed by atoms with Crippen molar-refractivity contribution in [3.8, 4) is 0 Å². The summed E-state index contributed by atoms with van der Waals surface area (Å²) in [4.78, 5) is 31.5. The van der Waals surface area contributed by atoms with Crippen molar-refractivity contribution in [1.82, 2.24) is 19.8 Å². The Hall–Kier alpha value is -2.38. The highest BCUT2D eigenvalue weighted by Crippen LogP contribution is 2.36. The Labute approximate surface area is 169 Å². The van der Waals surface area contributed by atoms with Crippen LogP contribution in [0.15, 0.2) is 36.7 Å². The molecule has 1 aromatic heterocycles. The van der Waals surface area contributed by atoms with E-state index >= 15 is 0 Å². The zero-order chi connectivity index (χ0) is 20.3. The number of imidazole rings is 1. The fourth-order valence-electron chi connectivity index (χ4n) is 3.49. The van der Waals surface area contributed by atoms with Crippen LogP contribution in [0.2, 0.25) is 5.02 Å². The van der Waals surface area contributed by atoms with Crippen molar-refractivity contribution < 1.29 is 14.7 Å². The Morgan fingerprint density at radius 1 is 1.32 bits per heavy atom. The van der Waals surface area contributed by atoms with E-state index < -0.39 is 5.41 Å². The van der Waals surface area contributed by atoms with Crippen LogP contribution in [-0.4, -0.2) is 57.1 Å². The highest BCUT2D eigenvalue weighted by Gasteiger charge is 2.51. The standard InChI is InChI=1S/C20H25ClN4O3/c1-3-16(11-26)23-19(28)20(10-14-4-6-15(21)7-5-14)12-25(13-20)18(27)17-22-8-9-24(17)2/h4-9,16,26H,3,10-13H2,1-2H3,(H,23,28)/t16-/m0/s1. The Bertz CT molecular complexity index is 839. The van der Waals surface area contributed by atoms with Crippen LogP contribution < -0.4 is 5.32 Å². The van der Waals surface area contributed by atoms with Crippen LogP contribution in [0.1, 0.15) is 29.5 Å². The molecule has 0 saturated carbocycles. The third-order valence-corrected chi connectivity index (χ3v) is 5.52. The smallest absolute Gasteiger partial charge is 0.289 e. The second-order valence-corrected chi connectivity index (χ2v) is 7.80. The molecule has 1 atom stereocenters. The minimum atomic E-state index is -0.739. The monoisotopic (exact) mass is 404 g/mol. The summed E-state index contributed by atoms with van der Waals surface area (Å²) in [5, 5.41) is 13.0. The summed E-state index contributed by atoms with van der Waals surface area (Å²) in [6.45, 7) is 2.39. The van der Waals surface area contributed by atoms with Gasteiger partial charge in [-0.05, 0) is 30.5 Å². The van der Waals surface area contributed by atoms with E-state index in [1.807, 2.05) is 19.1 Å². The number of amides is 2. The number of nitrogens with one attached hydrogen (secondary N) is 1. The van der Waals surface area contributed by atoms with Crippen LogP contribution in [0, 0.1) is 5.41 Å². The van der Waals surface area contributed by atoms with E-state index in [-0.39, 0.29) is 24.5 Å². The summed E-state index contributed by atoms with van der Waals surface area (Å²) in [7, 11) is 1.76. The molecule has 0 unspecified atom stereocenters.